The lowest BCUT2D eigenvalue weighted by molar-refractivity contribution is 0.591. The second-order valence-electron chi connectivity index (χ2n) is 4.80. The monoisotopic (exact) mass is 223 g/mol. The van der Waals surface area contributed by atoms with Crippen molar-refractivity contribution in [1.29, 1.82) is 0 Å². The number of aryl methyl sites for hydroxylation is 1. The van der Waals surface area contributed by atoms with E-state index in [1.54, 1.807) is 0 Å². The predicted molar refractivity (Wildman–Crippen MR) is 71.2 cm³/mol. The maximum absolute atomic E-state index is 3.51. The molecule has 2 aromatic rings. The molecule has 0 bridgehead atoms. The Morgan fingerprint density at radius 1 is 1.06 bits per heavy atom. The van der Waals surface area contributed by atoms with Crippen LogP contribution in [0.5, 0.6) is 0 Å². The Balaban J connectivity index is 2.06. The van der Waals surface area contributed by atoms with Crippen LogP contribution in [0.15, 0.2) is 48.5 Å². The molecule has 0 radical (unpaired) electrons. The molecule has 0 aliphatic carbocycles. The van der Waals surface area contributed by atoms with Gasteiger partial charge in [0.05, 0.1) is 0 Å². The molecule has 0 spiro atoms. The lowest BCUT2D eigenvalue weighted by Crippen LogP contribution is -2.28. The fourth-order valence-corrected chi connectivity index (χ4v) is 2.68. The first-order valence-corrected chi connectivity index (χ1v) is 6.19. The lowest BCUT2D eigenvalue weighted by atomic mass is 9.85. The summed E-state index contributed by atoms with van der Waals surface area (Å²) in [5, 5.41) is 3.51. The number of nitrogens with one attached hydrogen (secondary N) is 1. The molecule has 0 amide bonds. The molecule has 2 aromatic carbocycles. The molecule has 0 aromatic heterocycles. The minimum atomic E-state index is 0.500. The van der Waals surface area contributed by atoms with E-state index in [4.69, 9.17) is 0 Å². The molecule has 0 unspecified atom stereocenters. The Labute approximate surface area is 102 Å². The SMILES string of the molecule is Cc1cccc([C@@H]2CNCc3ccccc32)c1. The normalized spacial score (nSPS) is 18.8. The van der Waals surface area contributed by atoms with Gasteiger partial charge < -0.3 is 5.32 Å². The van der Waals surface area contributed by atoms with Gasteiger partial charge in [-0.15, -0.1) is 0 Å². The molecule has 0 saturated carbocycles. The maximum atomic E-state index is 3.51. The van der Waals surface area contributed by atoms with Crippen molar-refractivity contribution in [2.75, 3.05) is 6.54 Å². The van der Waals surface area contributed by atoms with Crippen LogP contribution in [0, 0.1) is 6.92 Å². The molecule has 86 valence electrons. The van der Waals surface area contributed by atoms with Crippen LogP contribution in [-0.4, -0.2) is 6.54 Å². The van der Waals surface area contributed by atoms with Crippen LogP contribution in [-0.2, 0) is 6.54 Å². The molecule has 1 N–H and O–H groups in total. The van der Waals surface area contributed by atoms with Gasteiger partial charge in [-0.05, 0) is 23.6 Å². The predicted octanol–water partition coefficient (Wildman–Crippen LogP) is 3.23. The van der Waals surface area contributed by atoms with Crippen LogP contribution in [0.1, 0.15) is 28.2 Å². The number of hydrogen-bond acceptors (Lipinski definition) is 1. The maximum Gasteiger partial charge on any atom is 0.0218 e. The highest BCUT2D eigenvalue weighted by Crippen LogP contribution is 2.30. The first-order valence-electron chi connectivity index (χ1n) is 6.19. The van der Waals surface area contributed by atoms with E-state index < -0.39 is 0 Å². The molecular weight excluding hydrogens is 206 g/mol. The number of fused-ring (bicyclic) bond motifs is 1. The fraction of sp³-hybridized carbons (Fsp3) is 0.250. The number of hydrogen-bond donors (Lipinski definition) is 1. The largest absolute Gasteiger partial charge is 0.312 e. The molecule has 0 saturated heterocycles. The Hall–Kier alpha value is -1.60. The van der Waals surface area contributed by atoms with Gasteiger partial charge in [0.15, 0.2) is 0 Å². The zero-order valence-corrected chi connectivity index (χ0v) is 10.1. The van der Waals surface area contributed by atoms with Crippen LogP contribution in [0.2, 0.25) is 0 Å². The van der Waals surface area contributed by atoms with Crippen molar-refractivity contribution in [3.05, 3.63) is 70.8 Å². The van der Waals surface area contributed by atoms with Gasteiger partial charge in [-0.2, -0.15) is 0 Å². The van der Waals surface area contributed by atoms with E-state index in [-0.39, 0.29) is 0 Å². The third kappa shape index (κ3) is 1.98. The summed E-state index contributed by atoms with van der Waals surface area (Å²) in [4.78, 5) is 0. The third-order valence-corrected chi connectivity index (χ3v) is 3.54. The van der Waals surface area contributed by atoms with Gasteiger partial charge in [0.2, 0.25) is 0 Å². The summed E-state index contributed by atoms with van der Waals surface area (Å²) in [6.07, 6.45) is 0. The first kappa shape index (κ1) is 10.5. The Kier molecular flexibility index (Phi) is 2.69. The van der Waals surface area contributed by atoms with E-state index in [0.29, 0.717) is 5.92 Å². The summed E-state index contributed by atoms with van der Waals surface area (Å²) in [6.45, 7) is 4.20. The van der Waals surface area contributed by atoms with Gasteiger partial charge in [0.1, 0.15) is 0 Å². The molecule has 1 nitrogen and oxygen atoms in total. The van der Waals surface area contributed by atoms with E-state index in [2.05, 4.69) is 60.8 Å². The van der Waals surface area contributed by atoms with Crippen LogP contribution in [0.4, 0.5) is 0 Å². The molecule has 0 fully saturated rings. The van der Waals surface area contributed by atoms with E-state index >= 15 is 0 Å². The summed E-state index contributed by atoms with van der Waals surface area (Å²) in [6, 6.07) is 17.6. The van der Waals surface area contributed by atoms with E-state index in [1.165, 1.54) is 22.3 Å². The second-order valence-corrected chi connectivity index (χ2v) is 4.80. The van der Waals surface area contributed by atoms with E-state index in [9.17, 15) is 0 Å². The quantitative estimate of drug-likeness (QED) is 0.782. The summed E-state index contributed by atoms with van der Waals surface area (Å²) in [7, 11) is 0. The van der Waals surface area contributed by atoms with E-state index in [1.807, 2.05) is 0 Å². The number of rotatable bonds is 1. The van der Waals surface area contributed by atoms with Gasteiger partial charge in [0, 0.05) is 19.0 Å². The van der Waals surface area contributed by atoms with Crippen LogP contribution in [0.25, 0.3) is 0 Å². The fourth-order valence-electron chi connectivity index (χ4n) is 2.68. The summed E-state index contributed by atoms with van der Waals surface area (Å²) < 4.78 is 0. The topological polar surface area (TPSA) is 12.0 Å². The highest BCUT2D eigenvalue weighted by molar-refractivity contribution is 5.41. The minimum absolute atomic E-state index is 0.500. The standard InChI is InChI=1S/C16H17N/c1-12-5-4-7-13(9-12)16-11-17-10-14-6-2-3-8-15(14)16/h2-9,16-17H,10-11H2,1H3/t16-/m0/s1. The molecule has 1 atom stereocenters. The summed E-state index contributed by atoms with van der Waals surface area (Å²) in [5.74, 6) is 0.500. The van der Waals surface area contributed by atoms with Crippen LogP contribution in [0.3, 0.4) is 0 Å². The van der Waals surface area contributed by atoms with Gasteiger partial charge >= 0.3 is 0 Å². The molecular formula is C16H17N. The lowest BCUT2D eigenvalue weighted by Gasteiger charge is -2.27. The van der Waals surface area contributed by atoms with Crippen molar-refractivity contribution in [3.8, 4) is 0 Å². The Morgan fingerprint density at radius 2 is 1.94 bits per heavy atom. The summed E-state index contributed by atoms with van der Waals surface area (Å²) in [5.41, 5.74) is 5.68. The first-order chi connectivity index (χ1) is 8.34. The van der Waals surface area contributed by atoms with E-state index in [0.717, 1.165) is 13.1 Å². The van der Waals surface area contributed by atoms with Gasteiger partial charge in [-0.1, -0.05) is 54.1 Å². The second kappa shape index (κ2) is 4.34. The van der Waals surface area contributed by atoms with Crippen LogP contribution >= 0.6 is 0 Å². The smallest absolute Gasteiger partial charge is 0.0218 e. The zero-order chi connectivity index (χ0) is 11.7. The van der Waals surface area contributed by atoms with Gasteiger partial charge in [0.25, 0.3) is 0 Å². The van der Waals surface area contributed by atoms with Crippen molar-refractivity contribution < 1.29 is 0 Å². The highest BCUT2D eigenvalue weighted by atomic mass is 14.9. The molecule has 1 heteroatoms. The molecule has 17 heavy (non-hydrogen) atoms. The minimum Gasteiger partial charge on any atom is -0.312 e. The Morgan fingerprint density at radius 3 is 2.82 bits per heavy atom. The van der Waals surface area contributed by atoms with Crippen LogP contribution < -0.4 is 5.32 Å². The Bertz CT molecular complexity index is 531. The van der Waals surface area contributed by atoms with Crippen molar-refractivity contribution in [3.63, 3.8) is 0 Å². The highest BCUT2D eigenvalue weighted by Gasteiger charge is 2.20. The molecule has 3 rings (SSSR count). The summed E-state index contributed by atoms with van der Waals surface area (Å²) >= 11 is 0. The third-order valence-electron chi connectivity index (χ3n) is 3.54. The van der Waals surface area contributed by atoms with Crippen molar-refractivity contribution in [2.24, 2.45) is 0 Å². The zero-order valence-electron chi connectivity index (χ0n) is 10.1. The molecule has 1 heterocycles. The molecule has 1 aliphatic heterocycles. The number of benzene rings is 2. The molecule has 1 aliphatic rings. The van der Waals surface area contributed by atoms with Crippen molar-refractivity contribution in [2.45, 2.75) is 19.4 Å². The average Bonchev–Trinajstić information content (AvgIpc) is 2.38. The van der Waals surface area contributed by atoms with Crippen molar-refractivity contribution in [1.82, 2.24) is 5.32 Å². The average molecular weight is 223 g/mol. The van der Waals surface area contributed by atoms with Gasteiger partial charge in [-0.25, -0.2) is 0 Å². The van der Waals surface area contributed by atoms with Crippen molar-refractivity contribution >= 4 is 0 Å². The van der Waals surface area contributed by atoms with Gasteiger partial charge in [-0.3, -0.25) is 0 Å².